The number of carbonyl (C=O) groups is 2. The Morgan fingerprint density at radius 1 is 1.31 bits per heavy atom. The Morgan fingerprint density at radius 3 is 2.69 bits per heavy atom. The van der Waals surface area contributed by atoms with Gasteiger partial charge in [0.25, 0.3) is 5.91 Å². The fourth-order valence-electron chi connectivity index (χ4n) is 2.59. The number of aryl methyl sites for hydroxylation is 1. The fourth-order valence-corrected chi connectivity index (χ4v) is 2.59. The number of carboxylic acid groups (broad SMARTS) is 1. The van der Waals surface area contributed by atoms with E-state index >= 15 is 0 Å². The number of ether oxygens (including phenoxy) is 2. The number of methoxy groups -OCH3 is 2. The van der Waals surface area contributed by atoms with Gasteiger partial charge in [0, 0.05) is 24.4 Å². The van der Waals surface area contributed by atoms with Gasteiger partial charge in [0.1, 0.15) is 11.5 Å². The lowest BCUT2D eigenvalue weighted by molar-refractivity contribution is -0.137. The van der Waals surface area contributed by atoms with Crippen LogP contribution in [0.4, 0.5) is 0 Å². The van der Waals surface area contributed by atoms with Gasteiger partial charge in [-0.25, -0.2) is 0 Å². The second-order valence-electron chi connectivity index (χ2n) is 5.72. The van der Waals surface area contributed by atoms with Crippen LogP contribution in [0.3, 0.4) is 0 Å². The molecular formula is C18H23N3O5. The van der Waals surface area contributed by atoms with E-state index in [1.807, 2.05) is 6.92 Å². The predicted octanol–water partition coefficient (Wildman–Crippen LogP) is 2.26. The molecule has 0 bridgehead atoms. The minimum atomic E-state index is -1.03. The van der Waals surface area contributed by atoms with E-state index in [-0.39, 0.29) is 6.42 Å². The molecule has 0 saturated carbocycles. The molecule has 26 heavy (non-hydrogen) atoms. The predicted molar refractivity (Wildman–Crippen MR) is 94.5 cm³/mol. The highest BCUT2D eigenvalue weighted by Gasteiger charge is 2.23. The molecule has 0 aliphatic heterocycles. The van der Waals surface area contributed by atoms with Crippen LogP contribution in [0, 0.1) is 0 Å². The molecule has 140 valence electrons. The van der Waals surface area contributed by atoms with Crippen LogP contribution in [0.2, 0.25) is 0 Å². The molecule has 0 radical (unpaired) electrons. The number of hydrogen-bond donors (Lipinski definition) is 2. The summed E-state index contributed by atoms with van der Waals surface area (Å²) in [7, 11) is 3.01. The minimum absolute atomic E-state index is 0.280. The van der Waals surface area contributed by atoms with Gasteiger partial charge in [-0.3, -0.25) is 14.3 Å². The number of hydrogen-bond acceptors (Lipinski definition) is 5. The topological polar surface area (TPSA) is 103 Å². The lowest BCUT2D eigenvalue weighted by Crippen LogP contribution is -2.30. The van der Waals surface area contributed by atoms with E-state index in [0.29, 0.717) is 29.2 Å². The van der Waals surface area contributed by atoms with Crippen molar-refractivity contribution in [2.75, 3.05) is 14.2 Å². The number of aliphatic carboxylic acids is 1. The maximum atomic E-state index is 12.5. The van der Waals surface area contributed by atoms with Crippen molar-refractivity contribution >= 4 is 11.9 Å². The van der Waals surface area contributed by atoms with Crippen LogP contribution < -0.4 is 14.8 Å². The maximum absolute atomic E-state index is 12.5. The molecule has 0 aliphatic carbocycles. The number of carboxylic acids is 1. The quantitative estimate of drug-likeness (QED) is 0.710. The lowest BCUT2D eigenvalue weighted by Gasteiger charge is -2.20. The molecule has 1 heterocycles. The largest absolute Gasteiger partial charge is 0.497 e. The van der Waals surface area contributed by atoms with Crippen LogP contribution in [-0.4, -0.2) is 41.0 Å². The molecule has 1 aromatic carbocycles. The highest BCUT2D eigenvalue weighted by atomic mass is 16.5. The molecule has 0 saturated heterocycles. The summed E-state index contributed by atoms with van der Waals surface area (Å²) in [5, 5.41) is 16.1. The average molecular weight is 361 g/mol. The SMILES string of the molecule is CCCn1cc(C(=O)NC(CC(=O)O)c2ccc(OC)cc2OC)cn1. The minimum Gasteiger partial charge on any atom is -0.497 e. The Hall–Kier alpha value is -3.03. The molecule has 0 aliphatic rings. The molecule has 0 fully saturated rings. The highest BCUT2D eigenvalue weighted by molar-refractivity contribution is 5.94. The number of carbonyl (C=O) groups excluding carboxylic acids is 1. The van der Waals surface area contributed by atoms with Crippen molar-refractivity contribution in [1.82, 2.24) is 15.1 Å². The first kappa shape index (κ1) is 19.3. The first-order chi connectivity index (χ1) is 12.5. The van der Waals surface area contributed by atoms with Gasteiger partial charge in [0.15, 0.2) is 0 Å². The van der Waals surface area contributed by atoms with Crippen LogP contribution >= 0.6 is 0 Å². The molecule has 8 nitrogen and oxygen atoms in total. The van der Waals surface area contributed by atoms with Gasteiger partial charge in [-0.05, 0) is 18.6 Å². The molecule has 2 rings (SSSR count). The summed E-state index contributed by atoms with van der Waals surface area (Å²) in [6.45, 7) is 2.72. The van der Waals surface area contributed by atoms with E-state index in [9.17, 15) is 14.7 Å². The van der Waals surface area contributed by atoms with Crippen LogP contribution in [0.1, 0.15) is 41.7 Å². The number of nitrogens with one attached hydrogen (secondary N) is 1. The van der Waals surface area contributed by atoms with Gasteiger partial charge < -0.3 is 19.9 Å². The molecular weight excluding hydrogens is 338 g/mol. The van der Waals surface area contributed by atoms with Gasteiger partial charge in [-0.1, -0.05) is 6.92 Å². The molecule has 2 aromatic rings. The van der Waals surface area contributed by atoms with E-state index < -0.39 is 17.9 Å². The van der Waals surface area contributed by atoms with Gasteiger partial charge >= 0.3 is 5.97 Å². The number of aromatic nitrogens is 2. The Morgan fingerprint density at radius 2 is 2.08 bits per heavy atom. The fraction of sp³-hybridized carbons (Fsp3) is 0.389. The summed E-state index contributed by atoms with van der Waals surface area (Å²) in [5.41, 5.74) is 0.936. The third-order valence-electron chi connectivity index (χ3n) is 3.85. The summed E-state index contributed by atoms with van der Waals surface area (Å²) in [6.07, 6.45) is 3.72. The Labute approximate surface area is 151 Å². The summed E-state index contributed by atoms with van der Waals surface area (Å²) >= 11 is 0. The molecule has 1 unspecified atom stereocenters. The lowest BCUT2D eigenvalue weighted by atomic mass is 10.0. The molecule has 0 spiro atoms. The Balaban J connectivity index is 2.26. The second-order valence-corrected chi connectivity index (χ2v) is 5.72. The maximum Gasteiger partial charge on any atom is 0.305 e. The van der Waals surface area contributed by atoms with Crippen LogP contribution in [0.25, 0.3) is 0 Å². The van der Waals surface area contributed by atoms with Crippen molar-refractivity contribution < 1.29 is 24.2 Å². The van der Waals surface area contributed by atoms with Crippen molar-refractivity contribution in [2.45, 2.75) is 32.4 Å². The van der Waals surface area contributed by atoms with Crippen LogP contribution in [0.5, 0.6) is 11.5 Å². The summed E-state index contributed by atoms with van der Waals surface area (Å²) in [6, 6.07) is 4.27. The van der Waals surface area contributed by atoms with E-state index in [1.165, 1.54) is 20.4 Å². The Kier molecular flexibility index (Phi) is 6.60. The van der Waals surface area contributed by atoms with Crippen LogP contribution in [0.15, 0.2) is 30.6 Å². The molecule has 1 aromatic heterocycles. The van der Waals surface area contributed by atoms with Gasteiger partial charge in [0.05, 0.1) is 38.4 Å². The molecule has 1 atom stereocenters. The summed E-state index contributed by atoms with van der Waals surface area (Å²) in [4.78, 5) is 23.8. The second kappa shape index (κ2) is 8.89. The summed E-state index contributed by atoms with van der Waals surface area (Å²) < 4.78 is 12.2. The normalized spacial score (nSPS) is 11.7. The van der Waals surface area contributed by atoms with E-state index in [0.717, 1.165) is 6.42 Å². The highest BCUT2D eigenvalue weighted by Crippen LogP contribution is 2.31. The van der Waals surface area contributed by atoms with Crippen LogP contribution in [-0.2, 0) is 11.3 Å². The van der Waals surface area contributed by atoms with E-state index in [4.69, 9.17) is 9.47 Å². The van der Waals surface area contributed by atoms with Gasteiger partial charge in [-0.15, -0.1) is 0 Å². The van der Waals surface area contributed by atoms with Gasteiger partial charge in [-0.2, -0.15) is 5.10 Å². The first-order valence-electron chi connectivity index (χ1n) is 8.25. The molecule has 2 N–H and O–H groups in total. The van der Waals surface area contributed by atoms with Gasteiger partial charge in [0.2, 0.25) is 0 Å². The average Bonchev–Trinajstić information content (AvgIpc) is 3.09. The van der Waals surface area contributed by atoms with Crippen molar-refractivity contribution in [3.05, 3.63) is 41.7 Å². The standard InChI is InChI=1S/C18H23N3O5/c1-4-7-21-11-12(10-19-21)18(24)20-15(9-17(22)23)14-6-5-13(25-2)8-16(14)26-3/h5-6,8,10-11,15H,4,7,9H2,1-3H3,(H,20,24)(H,22,23). The van der Waals surface area contributed by atoms with E-state index in [1.54, 1.807) is 29.1 Å². The number of amides is 1. The first-order valence-corrected chi connectivity index (χ1v) is 8.25. The van der Waals surface area contributed by atoms with Crippen molar-refractivity contribution in [1.29, 1.82) is 0 Å². The van der Waals surface area contributed by atoms with Crippen molar-refractivity contribution in [3.8, 4) is 11.5 Å². The summed E-state index contributed by atoms with van der Waals surface area (Å²) in [5.74, 6) is -0.407. The third kappa shape index (κ3) is 4.75. The smallest absolute Gasteiger partial charge is 0.305 e. The number of rotatable bonds is 9. The third-order valence-corrected chi connectivity index (χ3v) is 3.85. The Bertz CT molecular complexity index is 772. The number of nitrogens with zero attached hydrogens (tertiary/aromatic N) is 2. The molecule has 1 amide bonds. The van der Waals surface area contributed by atoms with Crippen molar-refractivity contribution in [3.63, 3.8) is 0 Å². The zero-order chi connectivity index (χ0) is 19.1. The van der Waals surface area contributed by atoms with Crippen molar-refractivity contribution in [2.24, 2.45) is 0 Å². The monoisotopic (exact) mass is 361 g/mol. The zero-order valence-corrected chi connectivity index (χ0v) is 15.1. The zero-order valence-electron chi connectivity index (χ0n) is 15.1. The van der Waals surface area contributed by atoms with E-state index in [2.05, 4.69) is 10.4 Å². The molecule has 8 heteroatoms. The number of benzene rings is 1.